The molecule has 0 saturated carbocycles. The lowest BCUT2D eigenvalue weighted by molar-refractivity contribution is 0.139. The third kappa shape index (κ3) is 7.51. The maximum Gasteiger partial charge on any atom is 0.405 e. The van der Waals surface area contributed by atoms with Crippen LogP contribution < -0.4 is 5.32 Å². The zero-order valence-corrected chi connectivity index (χ0v) is 13.4. The van der Waals surface area contributed by atoms with Crippen molar-refractivity contribution >= 4 is 14.7 Å². The van der Waals surface area contributed by atoms with Crippen LogP contribution in [0.15, 0.2) is 0 Å². The van der Waals surface area contributed by atoms with Crippen LogP contribution in [0.3, 0.4) is 0 Å². The van der Waals surface area contributed by atoms with Gasteiger partial charge in [0.25, 0.3) is 0 Å². The molecule has 114 valence electrons. The van der Waals surface area contributed by atoms with Crippen molar-refractivity contribution in [1.82, 2.24) is 5.32 Å². The van der Waals surface area contributed by atoms with E-state index in [1.807, 2.05) is 20.4 Å². The van der Waals surface area contributed by atoms with Crippen molar-refractivity contribution in [3.63, 3.8) is 0 Å². The molecule has 0 fully saturated rings. The Morgan fingerprint density at radius 2 is 1.84 bits per heavy atom. The molecule has 0 bridgehead atoms. The predicted octanol–water partition coefficient (Wildman–Crippen LogP) is 1.93. The molecule has 0 heterocycles. The molecule has 7 heteroatoms. The van der Waals surface area contributed by atoms with Crippen molar-refractivity contribution in [1.29, 1.82) is 0 Å². The standard InChI is InChI=1S/C12H27NO5Si/c1-5-17-19(4,18-6-2)9-7-8-12(3,10-14)13-11(15)16/h13-14H,5-10H2,1-4H3,(H,15,16). The number of aliphatic hydroxyl groups is 1. The van der Waals surface area contributed by atoms with Crippen LogP contribution in [-0.4, -0.2) is 50.2 Å². The summed E-state index contributed by atoms with van der Waals surface area (Å²) in [5, 5.41) is 20.4. The van der Waals surface area contributed by atoms with Gasteiger partial charge >= 0.3 is 14.7 Å². The molecule has 19 heavy (non-hydrogen) atoms. The summed E-state index contributed by atoms with van der Waals surface area (Å²) in [7, 11) is -2.16. The minimum Gasteiger partial charge on any atom is -0.465 e. The number of hydrogen-bond donors (Lipinski definition) is 3. The highest BCUT2D eigenvalue weighted by atomic mass is 28.4. The molecular formula is C12H27NO5Si. The Balaban J connectivity index is 4.32. The molecule has 1 unspecified atom stereocenters. The molecule has 1 atom stereocenters. The van der Waals surface area contributed by atoms with Crippen molar-refractivity contribution in [2.24, 2.45) is 0 Å². The smallest absolute Gasteiger partial charge is 0.405 e. The second kappa shape index (κ2) is 8.52. The SMILES string of the molecule is CCO[Si](C)(CCCC(C)(CO)NC(=O)O)OCC. The van der Waals surface area contributed by atoms with Gasteiger partial charge in [0.1, 0.15) is 0 Å². The molecule has 0 radical (unpaired) electrons. The van der Waals surface area contributed by atoms with E-state index in [1.54, 1.807) is 6.92 Å². The summed E-state index contributed by atoms with van der Waals surface area (Å²) in [5.41, 5.74) is -0.806. The van der Waals surface area contributed by atoms with E-state index in [9.17, 15) is 9.90 Å². The maximum absolute atomic E-state index is 10.7. The second-order valence-corrected chi connectivity index (χ2v) is 8.35. The van der Waals surface area contributed by atoms with Crippen molar-refractivity contribution in [2.75, 3.05) is 19.8 Å². The Kier molecular flexibility index (Phi) is 8.24. The number of carbonyl (C=O) groups is 1. The van der Waals surface area contributed by atoms with E-state index in [1.165, 1.54) is 0 Å². The van der Waals surface area contributed by atoms with Crippen LogP contribution in [0.4, 0.5) is 4.79 Å². The van der Waals surface area contributed by atoms with Gasteiger partial charge in [-0.05, 0) is 46.2 Å². The lowest BCUT2D eigenvalue weighted by Crippen LogP contribution is -2.48. The highest BCUT2D eigenvalue weighted by Crippen LogP contribution is 2.21. The number of amides is 1. The zero-order chi connectivity index (χ0) is 14.9. The second-order valence-electron chi connectivity index (χ2n) is 5.00. The summed E-state index contributed by atoms with van der Waals surface area (Å²) in [5.74, 6) is 0. The van der Waals surface area contributed by atoms with Crippen LogP contribution in [0.5, 0.6) is 0 Å². The molecule has 6 nitrogen and oxygen atoms in total. The molecule has 0 aliphatic carbocycles. The van der Waals surface area contributed by atoms with Crippen LogP contribution >= 0.6 is 0 Å². The van der Waals surface area contributed by atoms with Crippen LogP contribution in [0.2, 0.25) is 12.6 Å². The van der Waals surface area contributed by atoms with Crippen LogP contribution in [0.1, 0.15) is 33.6 Å². The van der Waals surface area contributed by atoms with Gasteiger partial charge in [-0.2, -0.15) is 0 Å². The van der Waals surface area contributed by atoms with Gasteiger partial charge in [-0.15, -0.1) is 0 Å². The highest BCUT2D eigenvalue weighted by molar-refractivity contribution is 6.66. The third-order valence-corrected chi connectivity index (χ3v) is 6.08. The van der Waals surface area contributed by atoms with Crippen LogP contribution in [-0.2, 0) is 8.85 Å². The number of nitrogens with one attached hydrogen (secondary N) is 1. The van der Waals surface area contributed by atoms with Gasteiger partial charge in [0.2, 0.25) is 0 Å². The summed E-state index contributed by atoms with van der Waals surface area (Å²) >= 11 is 0. The van der Waals surface area contributed by atoms with Gasteiger partial charge in [-0.25, -0.2) is 4.79 Å². The Morgan fingerprint density at radius 3 is 2.21 bits per heavy atom. The summed E-state index contributed by atoms with van der Waals surface area (Å²) in [4.78, 5) is 10.7. The van der Waals surface area contributed by atoms with E-state index in [0.29, 0.717) is 19.6 Å². The topological polar surface area (TPSA) is 88.0 Å². The first-order chi connectivity index (χ1) is 8.81. The first-order valence-electron chi connectivity index (χ1n) is 6.70. The van der Waals surface area contributed by atoms with Gasteiger partial charge in [-0.1, -0.05) is 0 Å². The average molecular weight is 293 g/mol. The number of carboxylic acid groups (broad SMARTS) is 1. The summed E-state index contributed by atoms with van der Waals surface area (Å²) in [6, 6.07) is 0.783. The highest BCUT2D eigenvalue weighted by Gasteiger charge is 2.32. The molecule has 0 aromatic rings. The van der Waals surface area contributed by atoms with Crippen molar-refractivity contribution in [3.8, 4) is 0 Å². The average Bonchev–Trinajstić information content (AvgIpc) is 2.28. The number of rotatable bonds is 10. The van der Waals surface area contributed by atoms with Crippen LogP contribution in [0, 0.1) is 0 Å². The lowest BCUT2D eigenvalue weighted by Gasteiger charge is -2.30. The van der Waals surface area contributed by atoms with Crippen molar-refractivity contribution < 1.29 is 23.9 Å². The van der Waals surface area contributed by atoms with Crippen molar-refractivity contribution in [3.05, 3.63) is 0 Å². The van der Waals surface area contributed by atoms with E-state index < -0.39 is 20.2 Å². The van der Waals surface area contributed by atoms with E-state index in [4.69, 9.17) is 14.0 Å². The molecule has 0 aromatic carbocycles. The molecular weight excluding hydrogens is 266 g/mol. The summed E-state index contributed by atoms with van der Waals surface area (Å²) < 4.78 is 11.4. The minimum absolute atomic E-state index is 0.221. The van der Waals surface area contributed by atoms with E-state index in [2.05, 4.69) is 5.32 Å². The first kappa shape index (κ1) is 18.4. The molecule has 0 aliphatic rings. The maximum atomic E-state index is 10.7. The monoisotopic (exact) mass is 293 g/mol. The van der Waals surface area contributed by atoms with Crippen molar-refractivity contribution in [2.45, 2.75) is 51.7 Å². The molecule has 0 aliphatic heterocycles. The Morgan fingerprint density at radius 1 is 1.32 bits per heavy atom. The molecule has 0 spiro atoms. The largest absolute Gasteiger partial charge is 0.465 e. The predicted molar refractivity (Wildman–Crippen MR) is 75.6 cm³/mol. The minimum atomic E-state index is -2.16. The van der Waals surface area contributed by atoms with Gasteiger partial charge < -0.3 is 24.4 Å². The molecule has 1 amide bonds. The Hall–Kier alpha value is -0.633. The van der Waals surface area contributed by atoms with Gasteiger partial charge in [0.05, 0.1) is 12.1 Å². The van der Waals surface area contributed by atoms with Gasteiger partial charge in [0.15, 0.2) is 0 Å². The summed E-state index contributed by atoms with van der Waals surface area (Å²) in [6.07, 6.45) is 0.185. The molecule has 0 rings (SSSR count). The lowest BCUT2D eigenvalue weighted by atomic mass is 9.98. The van der Waals surface area contributed by atoms with Gasteiger partial charge in [0, 0.05) is 13.2 Å². The third-order valence-electron chi connectivity index (χ3n) is 3.02. The Labute approximate surface area is 116 Å². The summed E-state index contributed by atoms with van der Waals surface area (Å²) in [6.45, 7) is 8.60. The first-order valence-corrected chi connectivity index (χ1v) is 9.23. The normalized spacial score (nSPS) is 15.0. The van der Waals surface area contributed by atoms with E-state index in [0.717, 1.165) is 12.5 Å². The van der Waals surface area contributed by atoms with E-state index >= 15 is 0 Å². The van der Waals surface area contributed by atoms with E-state index in [-0.39, 0.29) is 6.61 Å². The number of aliphatic hydroxyl groups excluding tert-OH is 1. The zero-order valence-electron chi connectivity index (χ0n) is 12.4. The van der Waals surface area contributed by atoms with Crippen LogP contribution in [0.25, 0.3) is 0 Å². The molecule has 0 saturated heterocycles. The quantitative estimate of drug-likeness (QED) is 0.536. The fourth-order valence-electron chi connectivity index (χ4n) is 2.04. The Bertz CT molecular complexity index is 271. The molecule has 3 N–H and O–H groups in total. The van der Waals surface area contributed by atoms with Gasteiger partial charge in [-0.3, -0.25) is 0 Å². The fourth-order valence-corrected chi connectivity index (χ4v) is 4.45. The molecule has 0 aromatic heterocycles. The number of hydrogen-bond acceptors (Lipinski definition) is 4. The fraction of sp³-hybridized carbons (Fsp3) is 0.917.